The van der Waals surface area contributed by atoms with Gasteiger partial charge in [0, 0.05) is 5.69 Å². The van der Waals surface area contributed by atoms with Crippen LogP contribution in [0.5, 0.6) is 5.75 Å². The molecule has 0 radical (unpaired) electrons. The zero-order valence-corrected chi connectivity index (χ0v) is 8.67. The average Bonchev–Trinajstić information content (AvgIpc) is 2.25. The number of alkyl halides is 2. The van der Waals surface area contributed by atoms with E-state index in [0.29, 0.717) is 12.3 Å². The molecule has 84 valence electrons. The largest absolute Gasteiger partial charge is 0.494 e. The lowest BCUT2D eigenvalue weighted by molar-refractivity contribution is 0.163. The number of hydrogen-bond acceptors (Lipinski definition) is 2. The molecule has 0 saturated heterocycles. The van der Waals surface area contributed by atoms with Crippen molar-refractivity contribution in [2.24, 2.45) is 0 Å². The van der Waals surface area contributed by atoms with Crippen molar-refractivity contribution in [1.29, 1.82) is 0 Å². The monoisotopic (exact) mass is 215 g/mol. The number of rotatable bonds is 6. The van der Waals surface area contributed by atoms with E-state index in [1.54, 1.807) is 24.3 Å². The molecule has 2 nitrogen and oxygen atoms in total. The fourth-order valence-electron chi connectivity index (χ4n) is 1.08. The number of hydrogen-bond donors (Lipinski definition) is 1. The van der Waals surface area contributed by atoms with Crippen LogP contribution in [0.4, 0.5) is 14.5 Å². The highest BCUT2D eigenvalue weighted by Gasteiger charge is 2.01. The van der Waals surface area contributed by atoms with E-state index >= 15 is 0 Å². The van der Waals surface area contributed by atoms with E-state index in [2.05, 4.69) is 5.32 Å². The first kappa shape index (κ1) is 11.8. The van der Waals surface area contributed by atoms with E-state index in [1.165, 1.54) is 0 Å². The number of benzene rings is 1. The maximum Gasteiger partial charge on any atom is 0.255 e. The number of nitrogens with one attached hydrogen (secondary N) is 1. The summed E-state index contributed by atoms with van der Waals surface area (Å²) < 4.78 is 29.1. The summed E-state index contributed by atoms with van der Waals surface area (Å²) in [6, 6.07) is 6.99. The van der Waals surface area contributed by atoms with E-state index in [9.17, 15) is 8.78 Å². The molecule has 1 aromatic rings. The summed E-state index contributed by atoms with van der Waals surface area (Å²) in [6.45, 7) is 2.37. The molecule has 0 amide bonds. The molecule has 0 saturated carbocycles. The van der Waals surface area contributed by atoms with Crippen LogP contribution in [0.15, 0.2) is 24.3 Å². The smallest absolute Gasteiger partial charge is 0.255 e. The molecule has 1 rings (SSSR count). The molecular formula is C11H15F2NO. The molecule has 0 heterocycles. The summed E-state index contributed by atoms with van der Waals surface area (Å²) in [4.78, 5) is 0. The predicted octanol–water partition coefficient (Wildman–Crippen LogP) is 3.15. The predicted molar refractivity (Wildman–Crippen MR) is 56.7 cm³/mol. The van der Waals surface area contributed by atoms with Gasteiger partial charge in [0.2, 0.25) is 0 Å². The lowest BCUT2D eigenvalue weighted by atomic mass is 10.3. The van der Waals surface area contributed by atoms with Crippen LogP contribution in [0.1, 0.15) is 13.3 Å². The Morgan fingerprint density at radius 1 is 1.27 bits per heavy atom. The minimum absolute atomic E-state index is 0.324. The van der Waals surface area contributed by atoms with Crippen molar-refractivity contribution in [2.75, 3.05) is 18.5 Å². The zero-order valence-electron chi connectivity index (χ0n) is 8.67. The lowest BCUT2D eigenvalue weighted by Gasteiger charge is -2.07. The fraction of sp³-hybridized carbons (Fsp3) is 0.455. The summed E-state index contributed by atoms with van der Waals surface area (Å²) in [5.74, 6) is 0.763. The molecule has 0 aliphatic carbocycles. The Kier molecular flexibility index (Phi) is 4.87. The summed E-state index contributed by atoms with van der Waals surface area (Å²) in [5, 5.41) is 2.62. The Labute approximate surface area is 88.3 Å². The molecule has 0 aliphatic rings. The highest BCUT2D eigenvalue weighted by atomic mass is 19.3. The maximum atomic E-state index is 11.9. The van der Waals surface area contributed by atoms with Crippen LogP contribution in [0.2, 0.25) is 0 Å². The Morgan fingerprint density at radius 2 is 1.93 bits per heavy atom. The molecule has 0 fully saturated rings. The highest BCUT2D eigenvalue weighted by Crippen LogP contribution is 2.15. The minimum Gasteiger partial charge on any atom is -0.494 e. The van der Waals surface area contributed by atoms with Gasteiger partial charge in [-0.05, 0) is 30.7 Å². The average molecular weight is 215 g/mol. The van der Waals surface area contributed by atoms with Crippen molar-refractivity contribution in [3.63, 3.8) is 0 Å². The van der Waals surface area contributed by atoms with Gasteiger partial charge in [-0.3, -0.25) is 0 Å². The second kappa shape index (κ2) is 6.22. The van der Waals surface area contributed by atoms with Crippen LogP contribution >= 0.6 is 0 Å². The van der Waals surface area contributed by atoms with E-state index in [0.717, 1.165) is 12.2 Å². The Bertz CT molecular complexity index is 274. The summed E-state index contributed by atoms with van der Waals surface area (Å²) in [6.07, 6.45) is -1.38. The number of ether oxygens (including phenoxy) is 1. The van der Waals surface area contributed by atoms with Gasteiger partial charge in [0.1, 0.15) is 5.75 Å². The van der Waals surface area contributed by atoms with Gasteiger partial charge >= 0.3 is 0 Å². The van der Waals surface area contributed by atoms with Gasteiger partial charge in [-0.1, -0.05) is 6.92 Å². The van der Waals surface area contributed by atoms with E-state index in [4.69, 9.17) is 4.74 Å². The zero-order chi connectivity index (χ0) is 11.1. The van der Waals surface area contributed by atoms with Crippen LogP contribution in [0.25, 0.3) is 0 Å². The molecule has 0 aliphatic heterocycles. The first-order chi connectivity index (χ1) is 7.22. The Balaban J connectivity index is 2.41. The Morgan fingerprint density at radius 3 is 2.47 bits per heavy atom. The van der Waals surface area contributed by atoms with Crippen LogP contribution in [-0.4, -0.2) is 19.6 Å². The maximum absolute atomic E-state index is 11.9. The van der Waals surface area contributed by atoms with Crippen molar-refractivity contribution < 1.29 is 13.5 Å². The third-order valence-corrected chi connectivity index (χ3v) is 1.79. The van der Waals surface area contributed by atoms with Gasteiger partial charge in [0.15, 0.2) is 0 Å². The molecule has 0 aromatic heterocycles. The van der Waals surface area contributed by atoms with Crippen molar-refractivity contribution in [2.45, 2.75) is 19.8 Å². The summed E-state index contributed by atoms with van der Waals surface area (Å²) in [5.41, 5.74) is 0.680. The lowest BCUT2D eigenvalue weighted by Crippen LogP contribution is -2.09. The van der Waals surface area contributed by atoms with Gasteiger partial charge in [0.05, 0.1) is 13.2 Å². The first-order valence-corrected chi connectivity index (χ1v) is 4.97. The molecule has 0 atom stereocenters. The van der Waals surface area contributed by atoms with Crippen molar-refractivity contribution in [1.82, 2.24) is 0 Å². The number of halogens is 2. The summed E-state index contributed by atoms with van der Waals surface area (Å²) in [7, 11) is 0. The van der Waals surface area contributed by atoms with E-state index in [-0.39, 0.29) is 6.54 Å². The van der Waals surface area contributed by atoms with Gasteiger partial charge < -0.3 is 10.1 Å². The molecule has 0 bridgehead atoms. The van der Waals surface area contributed by atoms with Gasteiger partial charge in [-0.25, -0.2) is 8.78 Å². The van der Waals surface area contributed by atoms with Gasteiger partial charge in [0.25, 0.3) is 6.43 Å². The second-order valence-corrected chi connectivity index (χ2v) is 3.14. The Hall–Kier alpha value is -1.32. The summed E-state index contributed by atoms with van der Waals surface area (Å²) >= 11 is 0. The highest BCUT2D eigenvalue weighted by molar-refractivity contribution is 5.46. The molecule has 0 unspecified atom stereocenters. The first-order valence-electron chi connectivity index (χ1n) is 4.97. The standard InChI is InChI=1S/C11H15F2NO/c1-2-7-15-10-5-3-9(4-6-10)14-8-11(12)13/h3-6,11,14H,2,7-8H2,1H3. The number of anilines is 1. The van der Waals surface area contributed by atoms with Crippen LogP contribution in [-0.2, 0) is 0 Å². The molecule has 1 N–H and O–H groups in total. The fourth-order valence-corrected chi connectivity index (χ4v) is 1.08. The molecular weight excluding hydrogens is 200 g/mol. The quantitative estimate of drug-likeness (QED) is 0.787. The molecule has 15 heavy (non-hydrogen) atoms. The third kappa shape index (κ3) is 4.63. The van der Waals surface area contributed by atoms with Crippen LogP contribution in [0.3, 0.4) is 0 Å². The van der Waals surface area contributed by atoms with Crippen molar-refractivity contribution >= 4 is 5.69 Å². The normalized spacial score (nSPS) is 10.4. The third-order valence-electron chi connectivity index (χ3n) is 1.79. The van der Waals surface area contributed by atoms with E-state index < -0.39 is 6.43 Å². The van der Waals surface area contributed by atoms with Gasteiger partial charge in [-0.15, -0.1) is 0 Å². The van der Waals surface area contributed by atoms with Crippen LogP contribution in [0, 0.1) is 0 Å². The molecule has 4 heteroatoms. The van der Waals surface area contributed by atoms with E-state index in [1.807, 2.05) is 6.92 Å². The van der Waals surface area contributed by atoms with Gasteiger partial charge in [-0.2, -0.15) is 0 Å². The van der Waals surface area contributed by atoms with Crippen molar-refractivity contribution in [3.05, 3.63) is 24.3 Å². The molecule has 0 spiro atoms. The topological polar surface area (TPSA) is 21.3 Å². The molecule has 1 aromatic carbocycles. The van der Waals surface area contributed by atoms with Crippen LogP contribution < -0.4 is 10.1 Å². The SMILES string of the molecule is CCCOc1ccc(NCC(F)F)cc1. The minimum atomic E-state index is -2.33. The second-order valence-electron chi connectivity index (χ2n) is 3.14. The van der Waals surface area contributed by atoms with Crippen molar-refractivity contribution in [3.8, 4) is 5.75 Å².